The maximum absolute atomic E-state index is 12.8. The van der Waals surface area contributed by atoms with Crippen LogP contribution in [0.25, 0.3) is 0 Å². The Balaban J connectivity index is 4.31. The van der Waals surface area contributed by atoms with Crippen LogP contribution in [0.5, 0.6) is 0 Å². The van der Waals surface area contributed by atoms with Crippen LogP contribution in [0.15, 0.2) is 0 Å². The molecular formula is C54H104O6. The molecule has 0 rings (SSSR count). The zero-order valence-electron chi connectivity index (χ0n) is 40.9. The average molecular weight is 849 g/mol. The van der Waals surface area contributed by atoms with E-state index in [-0.39, 0.29) is 31.1 Å². The summed E-state index contributed by atoms with van der Waals surface area (Å²) < 4.78 is 16.8. The molecule has 6 nitrogen and oxygen atoms in total. The highest BCUT2D eigenvalue weighted by molar-refractivity contribution is 5.71. The number of unbranched alkanes of at least 4 members (excludes halogenated alkanes) is 36. The Hall–Kier alpha value is -1.59. The van der Waals surface area contributed by atoms with E-state index in [0.717, 1.165) is 63.7 Å². The van der Waals surface area contributed by atoms with Crippen LogP contribution in [0.4, 0.5) is 0 Å². The van der Waals surface area contributed by atoms with Gasteiger partial charge in [-0.1, -0.05) is 265 Å². The first-order valence-electron chi connectivity index (χ1n) is 26.9. The van der Waals surface area contributed by atoms with Crippen molar-refractivity contribution < 1.29 is 28.6 Å². The molecule has 1 atom stereocenters. The number of hydrogen-bond donors (Lipinski definition) is 0. The van der Waals surface area contributed by atoms with E-state index >= 15 is 0 Å². The zero-order chi connectivity index (χ0) is 43.8. The highest BCUT2D eigenvalue weighted by Gasteiger charge is 2.19. The molecule has 0 aliphatic carbocycles. The van der Waals surface area contributed by atoms with Gasteiger partial charge in [-0.05, 0) is 25.2 Å². The first-order chi connectivity index (χ1) is 29.4. The van der Waals surface area contributed by atoms with Crippen molar-refractivity contribution in [2.75, 3.05) is 13.2 Å². The molecule has 0 amide bonds. The second-order valence-electron chi connectivity index (χ2n) is 19.0. The topological polar surface area (TPSA) is 78.9 Å². The molecule has 0 bridgehead atoms. The molecule has 60 heavy (non-hydrogen) atoms. The Labute approximate surface area is 374 Å². The van der Waals surface area contributed by atoms with Crippen LogP contribution in [0.2, 0.25) is 0 Å². The lowest BCUT2D eigenvalue weighted by molar-refractivity contribution is -0.167. The van der Waals surface area contributed by atoms with Crippen molar-refractivity contribution in [1.82, 2.24) is 0 Å². The summed E-state index contributed by atoms with van der Waals surface area (Å²) in [5.74, 6) is -0.0229. The number of carbonyl (C=O) groups is 3. The van der Waals surface area contributed by atoms with Gasteiger partial charge in [-0.3, -0.25) is 14.4 Å². The molecule has 0 aliphatic heterocycles. The van der Waals surface area contributed by atoms with Gasteiger partial charge < -0.3 is 14.2 Å². The van der Waals surface area contributed by atoms with Crippen molar-refractivity contribution in [3.63, 3.8) is 0 Å². The summed E-state index contributed by atoms with van der Waals surface area (Å²) >= 11 is 0. The zero-order valence-corrected chi connectivity index (χ0v) is 40.9. The molecule has 0 aromatic heterocycles. The summed E-state index contributed by atoms with van der Waals surface area (Å²) in [6.45, 7) is 9.03. The fourth-order valence-corrected chi connectivity index (χ4v) is 8.22. The minimum absolute atomic E-state index is 0.0625. The van der Waals surface area contributed by atoms with Crippen molar-refractivity contribution in [1.29, 1.82) is 0 Å². The SMILES string of the molecule is CCCCCCCCCCCCCCCCCCC(=O)O[C@@H](COC(=O)CCCCCCCCCCCCCCC)COC(=O)CCCCCCCCCCCCC(C)C. The van der Waals surface area contributed by atoms with Crippen molar-refractivity contribution in [3.05, 3.63) is 0 Å². The predicted octanol–water partition coefficient (Wildman–Crippen LogP) is 17.5. The van der Waals surface area contributed by atoms with E-state index in [1.165, 1.54) is 199 Å². The first-order valence-corrected chi connectivity index (χ1v) is 26.9. The largest absolute Gasteiger partial charge is 0.462 e. The van der Waals surface area contributed by atoms with Crippen LogP contribution in [-0.4, -0.2) is 37.2 Å². The minimum atomic E-state index is -0.761. The van der Waals surface area contributed by atoms with Gasteiger partial charge in [0.25, 0.3) is 0 Å². The van der Waals surface area contributed by atoms with Gasteiger partial charge in [-0.2, -0.15) is 0 Å². The van der Waals surface area contributed by atoms with Crippen molar-refractivity contribution >= 4 is 17.9 Å². The van der Waals surface area contributed by atoms with Gasteiger partial charge in [-0.15, -0.1) is 0 Å². The van der Waals surface area contributed by atoms with Gasteiger partial charge in [-0.25, -0.2) is 0 Å². The quantitative estimate of drug-likeness (QED) is 0.0345. The van der Waals surface area contributed by atoms with E-state index in [0.29, 0.717) is 19.3 Å². The summed E-state index contributed by atoms with van der Waals surface area (Å²) in [5.41, 5.74) is 0. The predicted molar refractivity (Wildman–Crippen MR) is 257 cm³/mol. The molecule has 0 aliphatic rings. The third-order valence-corrected chi connectivity index (χ3v) is 12.3. The van der Waals surface area contributed by atoms with Crippen LogP contribution in [-0.2, 0) is 28.6 Å². The maximum Gasteiger partial charge on any atom is 0.306 e. The molecule has 6 heteroatoms. The summed E-state index contributed by atoms with van der Waals surface area (Å²) in [4.78, 5) is 38.0. The number of carbonyl (C=O) groups excluding carboxylic acids is 3. The fraction of sp³-hybridized carbons (Fsp3) is 0.944. The van der Waals surface area contributed by atoms with E-state index in [2.05, 4.69) is 27.7 Å². The fourth-order valence-electron chi connectivity index (χ4n) is 8.22. The Morgan fingerprint density at radius 1 is 0.317 bits per heavy atom. The molecule has 0 N–H and O–H groups in total. The highest BCUT2D eigenvalue weighted by atomic mass is 16.6. The Bertz CT molecular complexity index is 903. The molecule has 356 valence electrons. The van der Waals surface area contributed by atoms with E-state index in [9.17, 15) is 14.4 Å². The number of rotatable bonds is 49. The Kier molecular flexibility index (Phi) is 47.2. The van der Waals surface area contributed by atoms with E-state index in [1.54, 1.807) is 0 Å². The molecule has 0 aromatic carbocycles. The van der Waals surface area contributed by atoms with Crippen LogP contribution in [0.3, 0.4) is 0 Å². The lowest BCUT2D eigenvalue weighted by Crippen LogP contribution is -2.30. The molecule has 0 radical (unpaired) electrons. The number of hydrogen-bond acceptors (Lipinski definition) is 6. The molecule has 0 saturated heterocycles. The van der Waals surface area contributed by atoms with E-state index in [1.807, 2.05) is 0 Å². The number of esters is 3. The second kappa shape index (κ2) is 48.4. The van der Waals surface area contributed by atoms with E-state index < -0.39 is 6.10 Å². The van der Waals surface area contributed by atoms with Crippen molar-refractivity contribution in [2.24, 2.45) is 5.92 Å². The molecule has 0 spiro atoms. The third kappa shape index (κ3) is 47.5. The standard InChI is InChI=1S/C54H104O6/c1-5-7-9-11-13-15-17-19-20-21-23-25-31-35-39-43-47-54(57)60-51(48-58-52(55)45-41-37-33-29-24-22-18-16-14-12-10-8-6-2)49-59-53(56)46-42-38-34-30-27-26-28-32-36-40-44-50(3)4/h50-51H,5-49H2,1-4H3/t51-/m0/s1. The Morgan fingerprint density at radius 2 is 0.550 bits per heavy atom. The molecule has 0 fully saturated rings. The van der Waals surface area contributed by atoms with Gasteiger partial charge in [0, 0.05) is 19.3 Å². The second-order valence-corrected chi connectivity index (χ2v) is 19.0. The normalized spacial score (nSPS) is 11.9. The van der Waals surface area contributed by atoms with Crippen LogP contribution < -0.4 is 0 Å². The lowest BCUT2D eigenvalue weighted by atomic mass is 10.0. The molecular weight excluding hydrogens is 745 g/mol. The molecule has 0 saturated carbocycles. The average Bonchev–Trinajstić information content (AvgIpc) is 3.23. The van der Waals surface area contributed by atoms with Gasteiger partial charge in [0.15, 0.2) is 6.10 Å². The minimum Gasteiger partial charge on any atom is -0.462 e. The summed E-state index contributed by atoms with van der Waals surface area (Å²) in [7, 11) is 0. The van der Waals surface area contributed by atoms with E-state index in [4.69, 9.17) is 14.2 Å². The first kappa shape index (κ1) is 58.4. The third-order valence-electron chi connectivity index (χ3n) is 12.3. The van der Waals surface area contributed by atoms with Crippen LogP contribution >= 0.6 is 0 Å². The van der Waals surface area contributed by atoms with Crippen LogP contribution in [0.1, 0.15) is 304 Å². The molecule has 0 unspecified atom stereocenters. The number of ether oxygens (including phenoxy) is 3. The Morgan fingerprint density at radius 3 is 0.817 bits per heavy atom. The maximum atomic E-state index is 12.8. The van der Waals surface area contributed by atoms with Crippen molar-refractivity contribution in [2.45, 2.75) is 310 Å². The monoisotopic (exact) mass is 849 g/mol. The van der Waals surface area contributed by atoms with Crippen molar-refractivity contribution in [3.8, 4) is 0 Å². The summed E-state index contributed by atoms with van der Waals surface area (Å²) in [5, 5.41) is 0. The molecule has 0 heterocycles. The summed E-state index contributed by atoms with van der Waals surface area (Å²) in [6, 6.07) is 0. The van der Waals surface area contributed by atoms with Crippen LogP contribution in [0, 0.1) is 5.92 Å². The smallest absolute Gasteiger partial charge is 0.306 e. The molecule has 0 aromatic rings. The summed E-state index contributed by atoms with van der Waals surface area (Å²) in [6.07, 6.45) is 50.8. The van der Waals surface area contributed by atoms with Gasteiger partial charge in [0.05, 0.1) is 0 Å². The van der Waals surface area contributed by atoms with Gasteiger partial charge in [0.1, 0.15) is 13.2 Å². The highest BCUT2D eigenvalue weighted by Crippen LogP contribution is 2.17. The van der Waals surface area contributed by atoms with Gasteiger partial charge >= 0.3 is 17.9 Å². The van der Waals surface area contributed by atoms with Gasteiger partial charge in [0.2, 0.25) is 0 Å². The lowest BCUT2D eigenvalue weighted by Gasteiger charge is -2.18.